The summed E-state index contributed by atoms with van der Waals surface area (Å²) in [6.07, 6.45) is 1.70. The molecular weight excluding hydrogens is 446 g/mol. The fourth-order valence-electron chi connectivity index (χ4n) is 3.19. The third-order valence-corrected chi connectivity index (χ3v) is 6.01. The molecule has 0 unspecified atom stereocenters. The lowest BCUT2D eigenvalue weighted by molar-refractivity contribution is -0.123. The molecule has 3 aromatic carbocycles. The third-order valence-electron chi connectivity index (χ3n) is 4.85. The number of rotatable bonds is 7. The SMILES string of the molecule is COc1cc(/C=C2/SC(=O)N(Cc3ccccc3)C2=O)ccc1OCc1ccc(Cl)cc1. The largest absolute Gasteiger partial charge is 0.493 e. The fraction of sp³-hybridized carbons (Fsp3) is 0.120. The van der Waals surface area contributed by atoms with E-state index in [2.05, 4.69) is 0 Å². The molecule has 2 amide bonds. The molecule has 1 aliphatic rings. The summed E-state index contributed by atoms with van der Waals surface area (Å²) in [6.45, 7) is 0.620. The van der Waals surface area contributed by atoms with Crippen molar-refractivity contribution in [3.63, 3.8) is 0 Å². The van der Waals surface area contributed by atoms with Gasteiger partial charge in [-0.25, -0.2) is 0 Å². The van der Waals surface area contributed by atoms with Crippen molar-refractivity contribution in [2.45, 2.75) is 13.2 Å². The zero-order valence-corrected chi connectivity index (χ0v) is 18.9. The van der Waals surface area contributed by atoms with Crippen LogP contribution in [-0.4, -0.2) is 23.2 Å². The van der Waals surface area contributed by atoms with Crippen LogP contribution in [0.15, 0.2) is 77.7 Å². The maximum Gasteiger partial charge on any atom is 0.293 e. The highest BCUT2D eigenvalue weighted by molar-refractivity contribution is 8.18. The van der Waals surface area contributed by atoms with E-state index in [0.29, 0.717) is 28.0 Å². The van der Waals surface area contributed by atoms with E-state index >= 15 is 0 Å². The molecule has 0 saturated carbocycles. The molecular formula is C25H20ClNO4S. The Balaban J connectivity index is 1.48. The van der Waals surface area contributed by atoms with Gasteiger partial charge in [-0.1, -0.05) is 60.1 Å². The second-order valence-corrected chi connectivity index (χ2v) is 8.51. The van der Waals surface area contributed by atoms with Crippen LogP contribution < -0.4 is 9.47 Å². The van der Waals surface area contributed by atoms with Crippen molar-refractivity contribution in [2.24, 2.45) is 0 Å². The van der Waals surface area contributed by atoms with E-state index < -0.39 is 0 Å². The highest BCUT2D eigenvalue weighted by atomic mass is 35.5. The van der Waals surface area contributed by atoms with Crippen molar-refractivity contribution in [3.8, 4) is 11.5 Å². The van der Waals surface area contributed by atoms with Gasteiger partial charge in [0.05, 0.1) is 18.6 Å². The smallest absolute Gasteiger partial charge is 0.293 e. The molecule has 1 heterocycles. The molecule has 5 nitrogen and oxygen atoms in total. The molecule has 0 radical (unpaired) electrons. The average molecular weight is 466 g/mol. The molecule has 162 valence electrons. The molecule has 0 bridgehead atoms. The summed E-state index contributed by atoms with van der Waals surface area (Å²) >= 11 is 6.85. The summed E-state index contributed by atoms with van der Waals surface area (Å²) in [5.41, 5.74) is 2.62. The normalized spacial score (nSPS) is 14.8. The van der Waals surface area contributed by atoms with Gasteiger partial charge in [-0.2, -0.15) is 0 Å². The predicted octanol–water partition coefficient (Wildman–Crippen LogP) is 6.16. The number of thioether (sulfide) groups is 1. The summed E-state index contributed by atoms with van der Waals surface area (Å²) in [5, 5.41) is 0.392. The average Bonchev–Trinajstić information content (AvgIpc) is 3.07. The van der Waals surface area contributed by atoms with Crippen LogP contribution in [0.3, 0.4) is 0 Å². The fourth-order valence-corrected chi connectivity index (χ4v) is 4.15. The van der Waals surface area contributed by atoms with Crippen molar-refractivity contribution < 1.29 is 19.1 Å². The van der Waals surface area contributed by atoms with Crippen molar-refractivity contribution in [1.82, 2.24) is 4.90 Å². The number of hydrogen-bond acceptors (Lipinski definition) is 5. The lowest BCUT2D eigenvalue weighted by Gasteiger charge is -2.12. The number of nitrogens with zero attached hydrogens (tertiary/aromatic N) is 1. The summed E-state index contributed by atoms with van der Waals surface area (Å²) < 4.78 is 11.3. The Morgan fingerprint density at radius 3 is 2.41 bits per heavy atom. The minimum absolute atomic E-state index is 0.254. The predicted molar refractivity (Wildman–Crippen MR) is 127 cm³/mol. The molecule has 1 fully saturated rings. The van der Waals surface area contributed by atoms with Crippen LogP contribution in [0, 0.1) is 0 Å². The third kappa shape index (κ3) is 5.15. The van der Waals surface area contributed by atoms with E-state index in [1.807, 2.05) is 60.7 Å². The van der Waals surface area contributed by atoms with Crippen LogP contribution in [0.4, 0.5) is 4.79 Å². The number of amides is 2. The summed E-state index contributed by atoms with van der Waals surface area (Å²) in [7, 11) is 1.56. The number of halogens is 1. The van der Waals surface area contributed by atoms with Crippen LogP contribution in [0.25, 0.3) is 6.08 Å². The maximum absolute atomic E-state index is 12.8. The molecule has 4 rings (SSSR count). The first-order chi connectivity index (χ1) is 15.5. The molecule has 3 aromatic rings. The van der Waals surface area contributed by atoms with Crippen LogP contribution >= 0.6 is 23.4 Å². The first-order valence-electron chi connectivity index (χ1n) is 9.88. The van der Waals surface area contributed by atoms with E-state index in [-0.39, 0.29) is 17.7 Å². The van der Waals surface area contributed by atoms with E-state index in [9.17, 15) is 9.59 Å². The van der Waals surface area contributed by atoms with Gasteiger partial charge >= 0.3 is 0 Å². The number of imide groups is 1. The van der Waals surface area contributed by atoms with E-state index in [1.165, 1.54) is 4.90 Å². The van der Waals surface area contributed by atoms with Crippen LogP contribution in [0.5, 0.6) is 11.5 Å². The van der Waals surface area contributed by atoms with Gasteiger partial charge in [-0.15, -0.1) is 0 Å². The zero-order valence-electron chi connectivity index (χ0n) is 17.3. The lowest BCUT2D eigenvalue weighted by atomic mass is 10.1. The van der Waals surface area contributed by atoms with Crippen molar-refractivity contribution in [3.05, 3.63) is 99.4 Å². The molecule has 7 heteroatoms. The van der Waals surface area contributed by atoms with Gasteiger partial charge in [0.15, 0.2) is 11.5 Å². The van der Waals surface area contributed by atoms with Gasteiger partial charge in [-0.3, -0.25) is 14.5 Å². The van der Waals surface area contributed by atoms with Gasteiger partial charge in [0.2, 0.25) is 0 Å². The Morgan fingerprint density at radius 2 is 1.69 bits per heavy atom. The maximum atomic E-state index is 12.8. The number of ether oxygens (including phenoxy) is 2. The minimum Gasteiger partial charge on any atom is -0.493 e. The molecule has 0 spiro atoms. The molecule has 0 atom stereocenters. The highest BCUT2D eigenvalue weighted by Gasteiger charge is 2.34. The van der Waals surface area contributed by atoms with Gasteiger partial charge in [0.1, 0.15) is 6.61 Å². The van der Waals surface area contributed by atoms with Gasteiger partial charge in [-0.05, 0) is 58.8 Å². The number of carbonyl (C=O) groups excluding carboxylic acids is 2. The van der Waals surface area contributed by atoms with E-state index in [1.54, 1.807) is 25.3 Å². The van der Waals surface area contributed by atoms with E-state index in [4.69, 9.17) is 21.1 Å². The highest BCUT2D eigenvalue weighted by Crippen LogP contribution is 2.35. The van der Waals surface area contributed by atoms with Crippen molar-refractivity contribution >= 4 is 40.6 Å². The molecule has 0 aliphatic carbocycles. The van der Waals surface area contributed by atoms with Gasteiger partial charge in [0.25, 0.3) is 11.1 Å². The lowest BCUT2D eigenvalue weighted by Crippen LogP contribution is -2.27. The Labute approximate surface area is 195 Å². The number of benzene rings is 3. The minimum atomic E-state index is -0.300. The van der Waals surface area contributed by atoms with Crippen molar-refractivity contribution in [1.29, 1.82) is 0 Å². The second kappa shape index (κ2) is 9.94. The first-order valence-corrected chi connectivity index (χ1v) is 11.1. The van der Waals surface area contributed by atoms with Gasteiger partial charge in [0, 0.05) is 5.02 Å². The zero-order chi connectivity index (χ0) is 22.5. The molecule has 32 heavy (non-hydrogen) atoms. The van der Waals surface area contributed by atoms with Crippen LogP contribution in [-0.2, 0) is 17.9 Å². The molecule has 1 aliphatic heterocycles. The second-order valence-electron chi connectivity index (χ2n) is 7.08. The Hall–Kier alpha value is -3.22. The molecule has 0 aromatic heterocycles. The summed E-state index contributed by atoms with van der Waals surface area (Å²) in [5.74, 6) is 0.818. The van der Waals surface area contributed by atoms with E-state index in [0.717, 1.165) is 28.5 Å². The van der Waals surface area contributed by atoms with Crippen LogP contribution in [0.2, 0.25) is 5.02 Å². The quantitative estimate of drug-likeness (QED) is 0.391. The monoisotopic (exact) mass is 465 g/mol. The van der Waals surface area contributed by atoms with Crippen LogP contribution in [0.1, 0.15) is 16.7 Å². The summed E-state index contributed by atoms with van der Waals surface area (Å²) in [4.78, 5) is 26.8. The standard InChI is InChI=1S/C25H20ClNO4S/c1-30-22-13-19(9-12-21(22)31-16-18-7-10-20(26)11-8-18)14-23-24(28)27(25(29)32-23)15-17-5-3-2-4-6-17/h2-14H,15-16H2,1H3/b23-14+. The Kier molecular flexibility index (Phi) is 6.83. The Bertz CT molecular complexity index is 1160. The molecule has 1 saturated heterocycles. The Morgan fingerprint density at radius 1 is 0.938 bits per heavy atom. The van der Waals surface area contributed by atoms with Gasteiger partial charge < -0.3 is 9.47 Å². The summed E-state index contributed by atoms with van der Waals surface area (Å²) in [6, 6.07) is 22.2. The number of carbonyl (C=O) groups is 2. The topological polar surface area (TPSA) is 55.8 Å². The van der Waals surface area contributed by atoms with Crippen molar-refractivity contribution in [2.75, 3.05) is 7.11 Å². The number of hydrogen-bond donors (Lipinski definition) is 0. The first kappa shape index (κ1) is 22.0. The number of methoxy groups -OCH3 is 1. The molecule has 0 N–H and O–H groups in total.